The van der Waals surface area contributed by atoms with Gasteiger partial charge in [0.25, 0.3) is 0 Å². The molecule has 0 amide bonds. The van der Waals surface area contributed by atoms with Crippen LogP contribution in [0.25, 0.3) is 49.0 Å². The van der Waals surface area contributed by atoms with Crippen LogP contribution in [0.3, 0.4) is 0 Å². The number of hydrogen-bond donors (Lipinski definition) is 0. The lowest BCUT2D eigenvalue weighted by Gasteiger charge is -2.16. The van der Waals surface area contributed by atoms with Crippen molar-refractivity contribution in [1.29, 1.82) is 0 Å². The lowest BCUT2D eigenvalue weighted by Crippen LogP contribution is -2.29. The van der Waals surface area contributed by atoms with E-state index in [0.717, 1.165) is 10.9 Å². The third-order valence-electron chi connectivity index (χ3n) is 7.64. The number of nitrogens with zero attached hydrogens (tertiary/aromatic N) is 2. The molecule has 1 fully saturated rings. The van der Waals surface area contributed by atoms with Crippen molar-refractivity contribution in [2.45, 2.75) is 38.5 Å². The Morgan fingerprint density at radius 1 is 0.903 bits per heavy atom. The molecule has 1 saturated carbocycles. The summed E-state index contributed by atoms with van der Waals surface area (Å²) >= 11 is 0. The molecule has 3 aromatic heterocycles. The van der Waals surface area contributed by atoms with Crippen molar-refractivity contribution in [2.24, 2.45) is 7.05 Å². The number of pyridine rings is 2. The van der Waals surface area contributed by atoms with Gasteiger partial charge in [0, 0.05) is 16.8 Å². The van der Waals surface area contributed by atoms with Gasteiger partial charge in [0.1, 0.15) is 12.9 Å². The van der Waals surface area contributed by atoms with Crippen LogP contribution in [0.4, 0.5) is 4.39 Å². The molecule has 3 heterocycles. The van der Waals surface area contributed by atoms with Crippen LogP contribution in [0.1, 0.15) is 42.7 Å². The molecule has 0 unspecified atom stereocenters. The Morgan fingerprint density at radius 2 is 1.71 bits per heavy atom. The molecule has 1 aliphatic rings. The number of aryl methyl sites for hydroxylation is 2. The van der Waals surface area contributed by atoms with Crippen LogP contribution in [-0.4, -0.2) is 4.40 Å². The normalized spacial score (nSPS) is 15.6. The van der Waals surface area contributed by atoms with Crippen molar-refractivity contribution in [3.8, 4) is 0 Å². The second-order valence-electron chi connectivity index (χ2n) is 9.41. The molecule has 6 aromatic rings. The van der Waals surface area contributed by atoms with Crippen LogP contribution in [0, 0.1) is 12.7 Å². The summed E-state index contributed by atoms with van der Waals surface area (Å²) in [5.41, 5.74) is 7.33. The van der Waals surface area contributed by atoms with Crippen LogP contribution in [-0.2, 0) is 7.05 Å². The van der Waals surface area contributed by atoms with Crippen molar-refractivity contribution >= 4 is 49.0 Å². The fourth-order valence-electron chi connectivity index (χ4n) is 6.21. The highest BCUT2D eigenvalue weighted by molar-refractivity contribution is 6.25. The van der Waals surface area contributed by atoms with Gasteiger partial charge in [-0.05, 0) is 66.5 Å². The highest BCUT2D eigenvalue weighted by Gasteiger charge is 2.26. The summed E-state index contributed by atoms with van der Waals surface area (Å²) in [4.78, 5) is 0. The largest absolute Gasteiger partial charge is 0.307 e. The number of fused-ring (bicyclic) bond motifs is 5. The molecule has 0 aliphatic heterocycles. The fraction of sp³-hybridized carbons (Fsp3) is 0.250. The van der Waals surface area contributed by atoms with E-state index in [1.54, 1.807) is 12.1 Å². The topological polar surface area (TPSA) is 8.29 Å². The zero-order chi connectivity index (χ0) is 20.9. The number of benzene rings is 3. The molecular formula is C28H24FN2+. The van der Waals surface area contributed by atoms with Crippen LogP contribution >= 0.6 is 0 Å². The third-order valence-corrected chi connectivity index (χ3v) is 7.64. The monoisotopic (exact) mass is 407 g/mol. The molecule has 152 valence electrons. The van der Waals surface area contributed by atoms with Gasteiger partial charge in [-0.1, -0.05) is 31.0 Å². The second-order valence-corrected chi connectivity index (χ2v) is 9.41. The van der Waals surface area contributed by atoms with Gasteiger partial charge in [0.2, 0.25) is 5.52 Å². The molecule has 3 heteroatoms. The summed E-state index contributed by atoms with van der Waals surface area (Å²) in [5.74, 6) is 0.448. The molecular weight excluding hydrogens is 383 g/mol. The first-order chi connectivity index (χ1) is 15.1. The Labute approximate surface area is 179 Å². The van der Waals surface area contributed by atoms with Gasteiger partial charge < -0.3 is 4.40 Å². The summed E-state index contributed by atoms with van der Waals surface area (Å²) in [6.07, 6.45) is 7.36. The minimum absolute atomic E-state index is 0.183. The van der Waals surface area contributed by atoms with E-state index in [4.69, 9.17) is 0 Å². The molecule has 7 rings (SSSR count). The van der Waals surface area contributed by atoms with Crippen molar-refractivity contribution in [3.63, 3.8) is 0 Å². The first-order valence-electron chi connectivity index (χ1n) is 11.3. The predicted molar refractivity (Wildman–Crippen MR) is 126 cm³/mol. The summed E-state index contributed by atoms with van der Waals surface area (Å²) in [5, 5.41) is 6.14. The SMILES string of the molecule is Cc1ccc2c3ccc(F)cc3n3c4cc(C5CCCC5)cc5cc[n+](C)c(c1c23)c54. The maximum Gasteiger partial charge on any atom is 0.224 e. The smallest absolute Gasteiger partial charge is 0.224 e. The number of rotatable bonds is 1. The molecule has 0 radical (unpaired) electrons. The van der Waals surface area contributed by atoms with E-state index >= 15 is 0 Å². The molecule has 0 saturated heterocycles. The lowest BCUT2D eigenvalue weighted by atomic mass is 9.92. The van der Waals surface area contributed by atoms with Crippen LogP contribution in [0.5, 0.6) is 0 Å². The van der Waals surface area contributed by atoms with Gasteiger partial charge in [-0.3, -0.25) is 0 Å². The molecule has 1 aliphatic carbocycles. The van der Waals surface area contributed by atoms with Gasteiger partial charge in [-0.15, -0.1) is 0 Å². The van der Waals surface area contributed by atoms with Gasteiger partial charge in [-0.25, -0.2) is 8.96 Å². The van der Waals surface area contributed by atoms with Gasteiger partial charge in [0.05, 0.1) is 27.3 Å². The van der Waals surface area contributed by atoms with E-state index in [1.165, 1.54) is 74.9 Å². The van der Waals surface area contributed by atoms with E-state index < -0.39 is 0 Å². The van der Waals surface area contributed by atoms with Crippen LogP contribution in [0.2, 0.25) is 0 Å². The highest BCUT2D eigenvalue weighted by Crippen LogP contribution is 2.43. The number of aromatic nitrogens is 2. The maximum absolute atomic E-state index is 14.4. The Morgan fingerprint density at radius 3 is 2.55 bits per heavy atom. The molecule has 0 spiro atoms. The molecule has 2 nitrogen and oxygen atoms in total. The van der Waals surface area contributed by atoms with Crippen LogP contribution in [0.15, 0.2) is 54.7 Å². The summed E-state index contributed by atoms with van der Waals surface area (Å²) < 4.78 is 19.0. The number of halogens is 1. The zero-order valence-corrected chi connectivity index (χ0v) is 17.9. The Bertz CT molecular complexity index is 1670. The first kappa shape index (κ1) is 17.5. The number of hydrogen-bond acceptors (Lipinski definition) is 0. The second kappa shape index (κ2) is 5.94. The zero-order valence-electron chi connectivity index (χ0n) is 17.9. The van der Waals surface area contributed by atoms with Gasteiger partial charge >= 0.3 is 0 Å². The average molecular weight is 408 g/mol. The minimum Gasteiger partial charge on any atom is -0.307 e. The van der Waals surface area contributed by atoms with E-state index in [0.29, 0.717) is 5.92 Å². The average Bonchev–Trinajstić information content (AvgIpc) is 3.41. The quantitative estimate of drug-likeness (QED) is 0.159. The van der Waals surface area contributed by atoms with Crippen molar-refractivity contribution in [1.82, 2.24) is 4.40 Å². The summed E-state index contributed by atoms with van der Waals surface area (Å²) in [7, 11) is 2.14. The van der Waals surface area contributed by atoms with E-state index in [-0.39, 0.29) is 5.82 Å². The van der Waals surface area contributed by atoms with Crippen molar-refractivity contribution in [2.75, 3.05) is 0 Å². The molecule has 0 N–H and O–H groups in total. The highest BCUT2D eigenvalue weighted by atomic mass is 19.1. The van der Waals surface area contributed by atoms with Crippen molar-refractivity contribution < 1.29 is 8.96 Å². The van der Waals surface area contributed by atoms with Crippen molar-refractivity contribution in [3.05, 3.63) is 71.7 Å². The Balaban J connectivity index is 1.83. The summed E-state index contributed by atoms with van der Waals surface area (Å²) in [6, 6.07) is 16.7. The van der Waals surface area contributed by atoms with E-state index in [9.17, 15) is 4.39 Å². The first-order valence-corrected chi connectivity index (χ1v) is 11.3. The maximum atomic E-state index is 14.4. The molecule has 3 aromatic carbocycles. The predicted octanol–water partition coefficient (Wildman–Crippen LogP) is 6.92. The Kier molecular flexibility index (Phi) is 3.35. The fourth-order valence-corrected chi connectivity index (χ4v) is 6.21. The summed E-state index contributed by atoms with van der Waals surface area (Å²) in [6.45, 7) is 2.19. The van der Waals surface area contributed by atoms with E-state index in [1.807, 2.05) is 6.07 Å². The molecule has 0 bridgehead atoms. The molecule has 31 heavy (non-hydrogen) atoms. The van der Waals surface area contributed by atoms with Gasteiger partial charge in [0.15, 0.2) is 6.20 Å². The lowest BCUT2D eigenvalue weighted by molar-refractivity contribution is -0.643. The third kappa shape index (κ3) is 2.19. The molecule has 0 atom stereocenters. The minimum atomic E-state index is -0.183. The van der Waals surface area contributed by atoms with Gasteiger partial charge in [-0.2, -0.15) is 0 Å². The van der Waals surface area contributed by atoms with E-state index in [2.05, 4.69) is 59.5 Å². The Hall–Kier alpha value is -3.20. The standard InChI is InChI=1S/C28H24FN2/c1-16-7-9-22-21-10-8-20(29)15-23(21)31-24-14-19(17-5-3-4-6-17)13-18-11-12-30(2)28(26(18)24)25(16)27(22)31/h7-15,17H,3-6H2,1-2H3/q+1. The van der Waals surface area contributed by atoms with Crippen LogP contribution < -0.4 is 4.57 Å².